The third-order valence-electron chi connectivity index (χ3n) is 3.28. The minimum absolute atomic E-state index is 0.209. The number of nitrogens with one attached hydrogen (secondary N) is 1. The molecule has 3 rings (SSSR count). The van der Waals surface area contributed by atoms with E-state index in [1.807, 2.05) is 6.08 Å². The lowest BCUT2D eigenvalue weighted by atomic mass is 10.2. The summed E-state index contributed by atoms with van der Waals surface area (Å²) in [5.74, 6) is 0.817. The van der Waals surface area contributed by atoms with E-state index in [1.54, 1.807) is 54.6 Å². The van der Waals surface area contributed by atoms with Crippen molar-refractivity contribution in [1.29, 1.82) is 0 Å². The van der Waals surface area contributed by atoms with Gasteiger partial charge in [0.25, 0.3) is 0 Å². The molecule has 4 nitrogen and oxygen atoms in total. The van der Waals surface area contributed by atoms with Gasteiger partial charge in [-0.25, -0.2) is 8.42 Å². The Balaban J connectivity index is 1.79. The second-order valence-corrected chi connectivity index (χ2v) is 8.33. The summed E-state index contributed by atoms with van der Waals surface area (Å²) in [6.45, 7) is 0. The highest BCUT2D eigenvalue weighted by atomic mass is 32.3. The summed E-state index contributed by atoms with van der Waals surface area (Å²) in [5, 5.41) is 12.3. The van der Waals surface area contributed by atoms with Crippen LogP contribution in [0, 0.1) is 0 Å². The van der Waals surface area contributed by atoms with Gasteiger partial charge in [-0.15, -0.1) is 11.8 Å². The van der Waals surface area contributed by atoms with Crippen molar-refractivity contribution in [2.75, 3.05) is 5.75 Å². The molecular formula is C16H15NO3S2. The molecule has 1 aliphatic rings. The smallest absolute Gasteiger partial charge is 0.208 e. The molecule has 22 heavy (non-hydrogen) atoms. The summed E-state index contributed by atoms with van der Waals surface area (Å²) in [6.07, 6.45) is 1.90. The monoisotopic (exact) mass is 333 g/mol. The van der Waals surface area contributed by atoms with Gasteiger partial charge in [-0.1, -0.05) is 30.3 Å². The van der Waals surface area contributed by atoms with E-state index in [0.717, 1.165) is 11.3 Å². The molecule has 6 heteroatoms. The fourth-order valence-corrected chi connectivity index (χ4v) is 5.23. The molecule has 0 amide bonds. The average Bonchev–Trinajstić information content (AvgIpc) is 3.00. The second-order valence-electron chi connectivity index (χ2n) is 4.91. The Morgan fingerprint density at radius 3 is 2.45 bits per heavy atom. The fraction of sp³-hybridized carbons (Fsp3) is 0.125. The zero-order valence-electron chi connectivity index (χ0n) is 11.6. The summed E-state index contributed by atoms with van der Waals surface area (Å²) in [5.41, 5.74) is 1.78. The number of hydrogen-bond acceptors (Lipinski definition) is 5. The highest BCUT2D eigenvalue weighted by molar-refractivity contribution is 8.13. The Bertz CT molecular complexity index is 784. The lowest BCUT2D eigenvalue weighted by Crippen LogP contribution is -2.28. The normalized spacial score (nSPS) is 20.0. The first kappa shape index (κ1) is 15.0. The quantitative estimate of drug-likeness (QED) is 0.904. The van der Waals surface area contributed by atoms with Crippen LogP contribution in [0.3, 0.4) is 0 Å². The van der Waals surface area contributed by atoms with Gasteiger partial charge >= 0.3 is 0 Å². The fourth-order valence-electron chi connectivity index (χ4n) is 2.16. The van der Waals surface area contributed by atoms with Gasteiger partial charge in [-0.2, -0.15) is 0 Å². The maximum atomic E-state index is 12.5. The molecule has 1 aliphatic heterocycles. The van der Waals surface area contributed by atoms with E-state index in [0.29, 0.717) is 10.6 Å². The van der Waals surface area contributed by atoms with Gasteiger partial charge in [0.2, 0.25) is 9.84 Å². The molecule has 114 valence electrons. The maximum absolute atomic E-state index is 12.5. The summed E-state index contributed by atoms with van der Waals surface area (Å²) < 4.78 is 24.4. The number of benzene rings is 2. The zero-order chi connectivity index (χ0) is 15.6. The molecule has 1 heterocycles. The van der Waals surface area contributed by atoms with E-state index in [1.165, 1.54) is 11.8 Å². The highest BCUT2D eigenvalue weighted by Crippen LogP contribution is 2.30. The van der Waals surface area contributed by atoms with E-state index in [9.17, 15) is 13.5 Å². The Morgan fingerprint density at radius 1 is 1.09 bits per heavy atom. The number of phenols is 1. The summed E-state index contributed by atoms with van der Waals surface area (Å²) >= 11 is 1.36. The Kier molecular flexibility index (Phi) is 4.13. The molecule has 2 N–H and O–H groups in total. The van der Waals surface area contributed by atoms with Gasteiger partial charge in [-0.3, -0.25) is 0 Å². The van der Waals surface area contributed by atoms with Gasteiger partial charge in [0.1, 0.15) is 5.75 Å². The van der Waals surface area contributed by atoms with Crippen LogP contribution in [-0.4, -0.2) is 24.0 Å². The van der Waals surface area contributed by atoms with Crippen LogP contribution in [0.25, 0.3) is 6.08 Å². The van der Waals surface area contributed by atoms with Crippen LogP contribution in [0.1, 0.15) is 5.56 Å². The van der Waals surface area contributed by atoms with Crippen molar-refractivity contribution >= 4 is 27.7 Å². The SMILES string of the molecule is O=S(=O)(c1ccccc1)C1N/C(=C\c2ccc(O)cc2)CS1. The summed E-state index contributed by atoms with van der Waals surface area (Å²) in [6, 6.07) is 15.2. The largest absolute Gasteiger partial charge is 0.508 e. The minimum atomic E-state index is -3.40. The molecule has 2 aromatic rings. The lowest BCUT2D eigenvalue weighted by Gasteiger charge is -2.11. The Morgan fingerprint density at radius 2 is 1.77 bits per heavy atom. The molecular weight excluding hydrogens is 318 g/mol. The zero-order valence-corrected chi connectivity index (χ0v) is 13.3. The van der Waals surface area contributed by atoms with Gasteiger partial charge in [0.05, 0.1) is 4.90 Å². The van der Waals surface area contributed by atoms with Crippen LogP contribution >= 0.6 is 11.8 Å². The van der Waals surface area contributed by atoms with Gasteiger partial charge in [0.15, 0.2) is 4.71 Å². The molecule has 0 spiro atoms. The first-order valence-corrected chi connectivity index (χ1v) is 9.32. The van der Waals surface area contributed by atoms with Crippen LogP contribution < -0.4 is 5.32 Å². The van der Waals surface area contributed by atoms with Crippen molar-refractivity contribution in [3.63, 3.8) is 0 Å². The predicted molar refractivity (Wildman–Crippen MR) is 89.1 cm³/mol. The Hall–Kier alpha value is -1.92. The van der Waals surface area contributed by atoms with Crippen LogP contribution in [0.15, 0.2) is 65.2 Å². The summed E-state index contributed by atoms with van der Waals surface area (Å²) in [4.78, 5) is 0.325. The van der Waals surface area contributed by atoms with Crippen molar-refractivity contribution in [3.05, 3.63) is 65.9 Å². The van der Waals surface area contributed by atoms with Crippen LogP contribution in [0.4, 0.5) is 0 Å². The number of rotatable bonds is 3. The molecule has 0 bridgehead atoms. The van der Waals surface area contributed by atoms with E-state index >= 15 is 0 Å². The van der Waals surface area contributed by atoms with Gasteiger partial charge < -0.3 is 10.4 Å². The molecule has 1 saturated heterocycles. The predicted octanol–water partition coefficient (Wildman–Crippen LogP) is 2.83. The molecule has 2 aromatic carbocycles. The number of aromatic hydroxyl groups is 1. The number of phenolic OH excluding ortho intramolecular Hbond substituents is 1. The van der Waals surface area contributed by atoms with Crippen molar-refractivity contribution < 1.29 is 13.5 Å². The third-order valence-corrected chi connectivity index (χ3v) is 6.96. The Labute approximate surface area is 133 Å². The van der Waals surface area contributed by atoms with Crippen molar-refractivity contribution in [3.8, 4) is 5.75 Å². The van der Waals surface area contributed by atoms with E-state index in [-0.39, 0.29) is 5.75 Å². The molecule has 1 unspecified atom stereocenters. The van der Waals surface area contributed by atoms with E-state index < -0.39 is 14.5 Å². The molecule has 0 radical (unpaired) electrons. The van der Waals surface area contributed by atoms with Gasteiger partial charge in [0, 0.05) is 11.4 Å². The van der Waals surface area contributed by atoms with E-state index in [2.05, 4.69) is 5.32 Å². The number of hydrogen-bond donors (Lipinski definition) is 2. The van der Waals surface area contributed by atoms with Crippen molar-refractivity contribution in [1.82, 2.24) is 5.32 Å². The molecule has 1 atom stereocenters. The lowest BCUT2D eigenvalue weighted by molar-refractivity contribution is 0.475. The number of thioether (sulfide) groups is 1. The standard InChI is InChI=1S/C16H15NO3S2/c18-14-8-6-12(7-9-14)10-13-11-21-16(17-13)22(19,20)15-4-2-1-3-5-15/h1-10,16-18H,11H2/b13-10-. The third kappa shape index (κ3) is 3.13. The highest BCUT2D eigenvalue weighted by Gasteiger charge is 2.32. The number of sulfone groups is 1. The second kappa shape index (κ2) is 6.06. The van der Waals surface area contributed by atoms with E-state index in [4.69, 9.17) is 0 Å². The van der Waals surface area contributed by atoms with Crippen molar-refractivity contribution in [2.24, 2.45) is 0 Å². The molecule has 0 saturated carbocycles. The summed E-state index contributed by atoms with van der Waals surface area (Å²) in [7, 11) is -3.40. The first-order chi connectivity index (χ1) is 10.6. The van der Waals surface area contributed by atoms with Gasteiger partial charge in [-0.05, 0) is 35.9 Å². The van der Waals surface area contributed by atoms with Crippen LogP contribution in [0.2, 0.25) is 0 Å². The van der Waals surface area contributed by atoms with Crippen LogP contribution in [-0.2, 0) is 9.84 Å². The molecule has 0 aliphatic carbocycles. The minimum Gasteiger partial charge on any atom is -0.508 e. The maximum Gasteiger partial charge on any atom is 0.208 e. The van der Waals surface area contributed by atoms with Crippen molar-refractivity contribution in [2.45, 2.75) is 9.60 Å². The average molecular weight is 333 g/mol. The van der Waals surface area contributed by atoms with Crippen LogP contribution in [0.5, 0.6) is 5.75 Å². The topological polar surface area (TPSA) is 66.4 Å². The molecule has 1 fully saturated rings. The first-order valence-electron chi connectivity index (χ1n) is 6.72. The molecule has 0 aromatic heterocycles.